The first-order chi connectivity index (χ1) is 17.5. The molecule has 0 bridgehead atoms. The van der Waals surface area contributed by atoms with E-state index in [1.165, 1.54) is 22.9 Å². The molecule has 0 aromatic heterocycles. The third-order valence-electron chi connectivity index (χ3n) is 6.51. The minimum Gasteiger partial charge on any atom is -0.492 e. The van der Waals surface area contributed by atoms with Gasteiger partial charge in [0, 0.05) is 24.7 Å². The monoisotopic (exact) mass is 491 g/mol. The molecule has 36 heavy (non-hydrogen) atoms. The molecule has 0 atom stereocenters. The van der Waals surface area contributed by atoms with Gasteiger partial charge >= 0.3 is 5.97 Å². The number of anilines is 1. The van der Waals surface area contributed by atoms with E-state index >= 15 is 0 Å². The summed E-state index contributed by atoms with van der Waals surface area (Å²) in [5, 5.41) is 0. The van der Waals surface area contributed by atoms with Crippen LogP contribution in [0.4, 0.5) is 10.1 Å². The van der Waals surface area contributed by atoms with Crippen molar-refractivity contribution in [2.75, 3.05) is 31.2 Å². The molecule has 5 nitrogen and oxygen atoms in total. The summed E-state index contributed by atoms with van der Waals surface area (Å²) >= 11 is 0. The van der Waals surface area contributed by atoms with Crippen LogP contribution in [0.25, 0.3) is 0 Å². The highest BCUT2D eigenvalue weighted by Gasteiger charge is 2.21. The van der Waals surface area contributed by atoms with E-state index in [0.717, 1.165) is 37.2 Å². The number of hydrogen-bond acceptors (Lipinski definition) is 5. The van der Waals surface area contributed by atoms with E-state index < -0.39 is 0 Å². The maximum absolute atomic E-state index is 14.6. The predicted molar refractivity (Wildman–Crippen MR) is 139 cm³/mol. The summed E-state index contributed by atoms with van der Waals surface area (Å²) in [5.74, 6) is 0.662. The number of benzene rings is 3. The molecule has 4 rings (SSSR count). The smallest absolute Gasteiger partial charge is 0.306 e. The maximum atomic E-state index is 14.6. The van der Waals surface area contributed by atoms with E-state index in [9.17, 15) is 9.18 Å². The Labute approximate surface area is 212 Å². The van der Waals surface area contributed by atoms with Gasteiger partial charge in [-0.2, -0.15) is 0 Å². The Bertz CT molecular complexity index is 1170. The van der Waals surface area contributed by atoms with Gasteiger partial charge < -0.3 is 19.1 Å². The number of carbonyl (C=O) groups excluding carboxylic acids is 1. The molecule has 0 amide bonds. The van der Waals surface area contributed by atoms with Crippen LogP contribution >= 0.6 is 0 Å². The zero-order chi connectivity index (χ0) is 25.3. The number of para-hydroxylation sites is 1. The molecular formula is C30H34FNO4. The summed E-state index contributed by atoms with van der Waals surface area (Å²) in [5.41, 5.74) is 5.36. The van der Waals surface area contributed by atoms with Crippen LogP contribution in [-0.4, -0.2) is 32.3 Å². The van der Waals surface area contributed by atoms with Crippen molar-refractivity contribution < 1.29 is 23.4 Å². The summed E-state index contributed by atoms with van der Waals surface area (Å²) in [7, 11) is 0. The lowest BCUT2D eigenvalue weighted by Crippen LogP contribution is -2.34. The number of esters is 1. The molecule has 0 radical (unpaired) electrons. The molecule has 0 N–H and O–H groups in total. The molecule has 0 saturated carbocycles. The second kappa shape index (κ2) is 12.4. The van der Waals surface area contributed by atoms with E-state index in [1.54, 1.807) is 19.1 Å². The topological polar surface area (TPSA) is 48.0 Å². The van der Waals surface area contributed by atoms with Crippen molar-refractivity contribution in [1.82, 2.24) is 0 Å². The van der Waals surface area contributed by atoms with Gasteiger partial charge in [0.1, 0.15) is 30.5 Å². The Morgan fingerprint density at radius 2 is 1.81 bits per heavy atom. The molecule has 1 aliphatic heterocycles. The van der Waals surface area contributed by atoms with Crippen LogP contribution < -0.4 is 14.4 Å². The molecule has 0 unspecified atom stereocenters. The first kappa shape index (κ1) is 25.5. The van der Waals surface area contributed by atoms with Gasteiger partial charge in [-0.3, -0.25) is 4.79 Å². The molecule has 6 heteroatoms. The number of nitrogens with zero attached hydrogens (tertiary/aromatic N) is 1. The van der Waals surface area contributed by atoms with Crippen molar-refractivity contribution in [2.45, 2.75) is 46.1 Å². The fourth-order valence-corrected chi connectivity index (χ4v) is 4.63. The lowest BCUT2D eigenvalue weighted by atomic mass is 9.95. The quantitative estimate of drug-likeness (QED) is 0.306. The van der Waals surface area contributed by atoms with Gasteiger partial charge in [0.25, 0.3) is 0 Å². The van der Waals surface area contributed by atoms with Crippen molar-refractivity contribution >= 4 is 11.7 Å². The van der Waals surface area contributed by atoms with Gasteiger partial charge in [0.05, 0.1) is 13.2 Å². The lowest BCUT2D eigenvalue weighted by molar-refractivity contribution is -0.143. The fourth-order valence-electron chi connectivity index (χ4n) is 4.63. The minimum atomic E-state index is -0.372. The Kier molecular flexibility index (Phi) is 8.82. The summed E-state index contributed by atoms with van der Waals surface area (Å²) in [6.45, 7) is 7.00. The summed E-state index contributed by atoms with van der Waals surface area (Å²) in [6, 6.07) is 19.0. The van der Waals surface area contributed by atoms with Gasteiger partial charge in [0.2, 0.25) is 0 Å². The van der Waals surface area contributed by atoms with Gasteiger partial charge in [-0.25, -0.2) is 4.39 Å². The van der Waals surface area contributed by atoms with Gasteiger partial charge in [-0.05, 0) is 73.6 Å². The molecule has 3 aromatic rings. The number of hydrogen-bond donors (Lipinski definition) is 0. The van der Waals surface area contributed by atoms with Crippen molar-refractivity contribution in [3.05, 3.63) is 88.7 Å². The summed E-state index contributed by atoms with van der Waals surface area (Å²) in [4.78, 5) is 14.0. The first-order valence-corrected chi connectivity index (χ1v) is 12.7. The van der Waals surface area contributed by atoms with E-state index in [4.69, 9.17) is 14.2 Å². The predicted octanol–water partition coefficient (Wildman–Crippen LogP) is 6.04. The molecule has 190 valence electrons. The molecule has 0 aliphatic carbocycles. The zero-order valence-corrected chi connectivity index (χ0v) is 21.1. The van der Waals surface area contributed by atoms with Gasteiger partial charge in [0.15, 0.2) is 0 Å². The second-order valence-electron chi connectivity index (χ2n) is 8.96. The number of aryl methyl sites for hydroxylation is 2. The third kappa shape index (κ3) is 6.56. The Morgan fingerprint density at radius 1 is 1.00 bits per heavy atom. The van der Waals surface area contributed by atoms with E-state index in [2.05, 4.69) is 24.0 Å². The van der Waals surface area contributed by atoms with Crippen molar-refractivity contribution in [2.24, 2.45) is 0 Å². The normalized spacial score (nSPS) is 12.7. The standard InChI is InChI=1S/C30H34FNO4/c1-3-34-29(33)16-14-23-13-15-27(20-28(23)31)36-21-25-12-11-24-8-7-17-32(30(24)22(25)2)18-19-35-26-9-5-4-6-10-26/h4-6,9-13,15,20H,3,7-8,14,16-19,21H2,1-2H3. The van der Waals surface area contributed by atoms with Crippen LogP contribution in [0.15, 0.2) is 60.7 Å². The van der Waals surface area contributed by atoms with E-state index in [-0.39, 0.29) is 18.2 Å². The van der Waals surface area contributed by atoms with Crippen LogP contribution in [0.1, 0.15) is 42.0 Å². The lowest BCUT2D eigenvalue weighted by Gasteiger charge is -2.33. The Hall–Kier alpha value is -3.54. The molecule has 0 saturated heterocycles. The van der Waals surface area contributed by atoms with Crippen LogP contribution in [0, 0.1) is 12.7 Å². The van der Waals surface area contributed by atoms with Crippen LogP contribution in [0.3, 0.4) is 0 Å². The highest BCUT2D eigenvalue weighted by atomic mass is 19.1. The number of halogens is 1. The van der Waals surface area contributed by atoms with Crippen LogP contribution in [-0.2, 0) is 29.0 Å². The van der Waals surface area contributed by atoms with Crippen LogP contribution in [0.2, 0.25) is 0 Å². The molecular weight excluding hydrogens is 457 g/mol. The third-order valence-corrected chi connectivity index (χ3v) is 6.51. The summed E-state index contributed by atoms with van der Waals surface area (Å²) in [6.07, 6.45) is 2.64. The van der Waals surface area contributed by atoms with E-state index in [0.29, 0.717) is 37.6 Å². The minimum absolute atomic E-state index is 0.159. The van der Waals surface area contributed by atoms with Gasteiger partial charge in [-0.15, -0.1) is 0 Å². The number of carbonyl (C=O) groups is 1. The fraction of sp³-hybridized carbons (Fsp3) is 0.367. The largest absolute Gasteiger partial charge is 0.492 e. The number of fused-ring (bicyclic) bond motifs is 1. The average Bonchev–Trinajstić information content (AvgIpc) is 2.88. The number of rotatable bonds is 11. The first-order valence-electron chi connectivity index (χ1n) is 12.7. The van der Waals surface area contributed by atoms with Crippen molar-refractivity contribution in [3.8, 4) is 11.5 Å². The zero-order valence-electron chi connectivity index (χ0n) is 21.1. The van der Waals surface area contributed by atoms with Crippen LogP contribution in [0.5, 0.6) is 11.5 Å². The van der Waals surface area contributed by atoms with Gasteiger partial charge in [-0.1, -0.05) is 36.4 Å². The molecule has 3 aromatic carbocycles. The second-order valence-corrected chi connectivity index (χ2v) is 8.96. The molecule has 0 fully saturated rings. The Balaban J connectivity index is 1.38. The highest BCUT2D eigenvalue weighted by Crippen LogP contribution is 2.33. The average molecular weight is 492 g/mol. The van der Waals surface area contributed by atoms with E-state index in [1.807, 2.05) is 30.3 Å². The highest BCUT2D eigenvalue weighted by molar-refractivity contribution is 5.69. The Morgan fingerprint density at radius 3 is 2.58 bits per heavy atom. The van der Waals surface area contributed by atoms with Crippen molar-refractivity contribution in [1.29, 1.82) is 0 Å². The van der Waals surface area contributed by atoms with Crippen molar-refractivity contribution in [3.63, 3.8) is 0 Å². The molecule has 1 heterocycles. The number of ether oxygens (including phenoxy) is 3. The SMILES string of the molecule is CCOC(=O)CCc1ccc(OCc2ccc3c(c2C)N(CCOc2ccccc2)CCC3)cc1F. The summed E-state index contributed by atoms with van der Waals surface area (Å²) < 4.78 is 31.4. The maximum Gasteiger partial charge on any atom is 0.306 e. The molecule has 0 spiro atoms. The molecule has 1 aliphatic rings.